The predicted molar refractivity (Wildman–Crippen MR) is 197 cm³/mol. The van der Waals surface area contributed by atoms with E-state index in [4.69, 9.17) is 18.9 Å². The molecule has 3 aromatic heterocycles. The standard InChI is InChI=1S/C34H42N10O12S/c1-40-27-28(37-33(40)57(3,51)52)43(34(50)41(2)32(27)49)20-21-19-42(39-38-21)10-12-54-14-16-56-18-17-55-15-13-53-11-9-35-23-6-4-5-22-26(23)31(48)44(30(22)47)24-7-8-25(45)36-29(24)46/h4-6,19,24,35H,7-18,20H2,1-3H3,(H,36,45,46). The van der Waals surface area contributed by atoms with Crippen molar-refractivity contribution in [1.29, 1.82) is 0 Å². The second-order valence-electron chi connectivity index (χ2n) is 13.2. The number of hydrogen-bond acceptors (Lipinski definition) is 16. The molecule has 1 atom stereocenters. The highest BCUT2D eigenvalue weighted by Crippen LogP contribution is 2.32. The van der Waals surface area contributed by atoms with Crippen LogP contribution in [0.5, 0.6) is 0 Å². The average molecular weight is 815 g/mol. The molecule has 22 nitrogen and oxygen atoms in total. The van der Waals surface area contributed by atoms with Crippen molar-refractivity contribution in [2.24, 2.45) is 14.1 Å². The van der Waals surface area contributed by atoms with Crippen molar-refractivity contribution in [3.05, 3.63) is 62.1 Å². The van der Waals surface area contributed by atoms with Crippen molar-refractivity contribution in [1.82, 2.24) is 43.9 Å². The van der Waals surface area contributed by atoms with E-state index < -0.39 is 50.8 Å². The van der Waals surface area contributed by atoms with Gasteiger partial charge >= 0.3 is 5.69 Å². The number of ether oxygens (including phenoxy) is 4. The second-order valence-corrected chi connectivity index (χ2v) is 15.1. The number of carbonyl (C=O) groups excluding carboxylic acids is 4. The van der Waals surface area contributed by atoms with E-state index in [1.807, 2.05) is 0 Å². The van der Waals surface area contributed by atoms with Crippen molar-refractivity contribution < 1.29 is 46.5 Å². The molecule has 1 saturated heterocycles. The number of anilines is 1. The molecule has 6 rings (SSSR count). The van der Waals surface area contributed by atoms with Gasteiger partial charge in [-0.15, -0.1) is 5.10 Å². The van der Waals surface area contributed by atoms with Crippen LogP contribution in [0, 0.1) is 0 Å². The Kier molecular flexibility index (Phi) is 12.7. The summed E-state index contributed by atoms with van der Waals surface area (Å²) in [4.78, 5) is 80.7. The number of imidazole rings is 1. The number of aryl methyl sites for hydroxylation is 1. The molecule has 5 heterocycles. The molecule has 4 amide bonds. The van der Waals surface area contributed by atoms with Gasteiger partial charge in [-0.1, -0.05) is 11.3 Å². The molecular formula is C34H42N10O12S. The fourth-order valence-electron chi connectivity index (χ4n) is 6.41. The maximum Gasteiger partial charge on any atom is 0.332 e. The van der Waals surface area contributed by atoms with Gasteiger partial charge in [-0.2, -0.15) is 4.98 Å². The number of benzene rings is 1. The van der Waals surface area contributed by atoms with Crippen LogP contribution in [0.15, 0.2) is 39.1 Å². The van der Waals surface area contributed by atoms with Gasteiger partial charge in [0.05, 0.1) is 83.3 Å². The number of piperidine rings is 1. The van der Waals surface area contributed by atoms with Gasteiger partial charge in [0, 0.05) is 39.0 Å². The monoisotopic (exact) mass is 814 g/mol. The Morgan fingerprint density at radius 2 is 1.54 bits per heavy atom. The van der Waals surface area contributed by atoms with Crippen LogP contribution in [0.4, 0.5) is 5.69 Å². The van der Waals surface area contributed by atoms with Crippen molar-refractivity contribution in [2.45, 2.75) is 37.1 Å². The Balaban J connectivity index is 0.820. The van der Waals surface area contributed by atoms with E-state index >= 15 is 0 Å². The highest BCUT2D eigenvalue weighted by molar-refractivity contribution is 7.90. The molecule has 1 aromatic carbocycles. The van der Waals surface area contributed by atoms with Crippen LogP contribution in [0.2, 0.25) is 0 Å². The first kappa shape index (κ1) is 41.0. The Bertz CT molecular complexity index is 2420. The zero-order valence-electron chi connectivity index (χ0n) is 31.5. The number of hydrogen-bond donors (Lipinski definition) is 2. The number of fused-ring (bicyclic) bond motifs is 2. The van der Waals surface area contributed by atoms with E-state index in [1.165, 1.54) is 29.4 Å². The molecular weight excluding hydrogens is 772 g/mol. The number of nitrogens with one attached hydrogen (secondary N) is 2. The minimum Gasteiger partial charge on any atom is -0.382 e. The summed E-state index contributed by atoms with van der Waals surface area (Å²) in [6.45, 7) is 3.22. The number of rotatable bonds is 20. The Hall–Kier alpha value is -5.62. The van der Waals surface area contributed by atoms with Gasteiger partial charge in [-0.05, 0) is 18.6 Å². The quantitative estimate of drug-likeness (QED) is 0.0726. The normalized spacial score (nSPS) is 15.8. The third kappa shape index (κ3) is 9.01. The summed E-state index contributed by atoms with van der Waals surface area (Å²) in [5.74, 6) is -2.25. The minimum atomic E-state index is -3.77. The average Bonchev–Trinajstić information content (AvgIpc) is 3.84. The zero-order valence-corrected chi connectivity index (χ0v) is 32.3. The molecule has 2 N–H and O–H groups in total. The first-order chi connectivity index (χ1) is 27.3. The van der Waals surface area contributed by atoms with E-state index in [-0.39, 0.29) is 46.8 Å². The Morgan fingerprint density at radius 1 is 0.877 bits per heavy atom. The number of carbonyl (C=O) groups is 4. The van der Waals surface area contributed by atoms with Gasteiger partial charge < -0.3 is 28.8 Å². The molecule has 2 aliphatic heterocycles. The summed E-state index contributed by atoms with van der Waals surface area (Å²) in [6, 6.07) is 3.81. The summed E-state index contributed by atoms with van der Waals surface area (Å²) in [6.07, 6.45) is 2.71. The summed E-state index contributed by atoms with van der Waals surface area (Å²) >= 11 is 0. The molecule has 0 aliphatic carbocycles. The SMILES string of the molecule is Cn1c(=O)c2c(nc(S(C)(=O)=O)n2C)n(Cc2cn(CCOCCOCCOCCOCCNc3cccc4c3C(=O)N(C3CCC(=O)NC3=O)C4=O)nn2)c1=O. The molecule has 23 heteroatoms. The third-order valence-corrected chi connectivity index (χ3v) is 10.2. The molecule has 2 aliphatic rings. The lowest BCUT2D eigenvalue weighted by molar-refractivity contribution is -0.136. The first-order valence-electron chi connectivity index (χ1n) is 17.9. The van der Waals surface area contributed by atoms with E-state index in [9.17, 15) is 37.2 Å². The van der Waals surface area contributed by atoms with Crippen LogP contribution >= 0.6 is 0 Å². The lowest BCUT2D eigenvalue weighted by Crippen LogP contribution is -2.54. The van der Waals surface area contributed by atoms with E-state index in [1.54, 1.807) is 18.3 Å². The van der Waals surface area contributed by atoms with E-state index in [0.29, 0.717) is 77.3 Å². The lowest BCUT2D eigenvalue weighted by atomic mass is 10.0. The van der Waals surface area contributed by atoms with Crippen molar-refractivity contribution in [3.8, 4) is 0 Å². The highest BCUT2D eigenvalue weighted by Gasteiger charge is 2.45. The molecule has 0 radical (unpaired) electrons. The molecule has 1 unspecified atom stereocenters. The van der Waals surface area contributed by atoms with Gasteiger partial charge in [0.15, 0.2) is 11.2 Å². The summed E-state index contributed by atoms with van der Waals surface area (Å²) in [5, 5.41) is 13.1. The largest absolute Gasteiger partial charge is 0.382 e. The van der Waals surface area contributed by atoms with Crippen LogP contribution in [0.1, 0.15) is 39.3 Å². The minimum absolute atomic E-state index is 0.0275. The first-order valence-corrected chi connectivity index (χ1v) is 19.8. The molecule has 4 aromatic rings. The van der Waals surface area contributed by atoms with Gasteiger partial charge in [0.2, 0.25) is 26.8 Å². The van der Waals surface area contributed by atoms with Crippen LogP contribution in [-0.4, -0.2) is 142 Å². The lowest BCUT2D eigenvalue weighted by Gasteiger charge is -2.27. The smallest absolute Gasteiger partial charge is 0.332 e. The predicted octanol–water partition coefficient (Wildman–Crippen LogP) is -1.94. The maximum absolute atomic E-state index is 13.2. The fourth-order valence-corrected chi connectivity index (χ4v) is 7.25. The zero-order chi connectivity index (χ0) is 40.9. The summed E-state index contributed by atoms with van der Waals surface area (Å²) in [5.41, 5.74) is -0.221. The van der Waals surface area contributed by atoms with Gasteiger partial charge in [0.25, 0.3) is 17.4 Å². The van der Waals surface area contributed by atoms with Gasteiger partial charge in [-0.3, -0.25) is 43.3 Å². The molecule has 0 saturated carbocycles. The topological polar surface area (TPSA) is 259 Å². The molecule has 0 bridgehead atoms. The number of amides is 4. The number of sulfone groups is 1. The number of imide groups is 2. The third-order valence-electron chi connectivity index (χ3n) is 9.16. The molecule has 306 valence electrons. The van der Waals surface area contributed by atoms with Crippen LogP contribution in [-0.2, 0) is 65.6 Å². The maximum atomic E-state index is 13.2. The Morgan fingerprint density at radius 3 is 2.21 bits per heavy atom. The van der Waals surface area contributed by atoms with Crippen LogP contribution < -0.4 is 21.9 Å². The number of aromatic nitrogens is 7. The second kappa shape index (κ2) is 17.7. The van der Waals surface area contributed by atoms with Crippen molar-refractivity contribution >= 4 is 50.3 Å². The van der Waals surface area contributed by atoms with Crippen molar-refractivity contribution in [3.63, 3.8) is 0 Å². The van der Waals surface area contributed by atoms with Crippen LogP contribution in [0.3, 0.4) is 0 Å². The summed E-state index contributed by atoms with van der Waals surface area (Å²) in [7, 11) is -1.07. The summed E-state index contributed by atoms with van der Waals surface area (Å²) < 4.78 is 51.4. The molecule has 1 fully saturated rings. The highest BCUT2D eigenvalue weighted by atomic mass is 32.2. The van der Waals surface area contributed by atoms with E-state index in [2.05, 4.69) is 25.9 Å². The number of nitrogens with zero attached hydrogens (tertiary/aromatic N) is 8. The Labute approximate surface area is 324 Å². The van der Waals surface area contributed by atoms with Crippen LogP contribution in [0.25, 0.3) is 11.2 Å². The van der Waals surface area contributed by atoms with Gasteiger partial charge in [0.1, 0.15) is 11.7 Å². The molecule has 57 heavy (non-hydrogen) atoms. The molecule has 0 spiro atoms. The van der Waals surface area contributed by atoms with Crippen molar-refractivity contribution in [2.75, 3.05) is 71.0 Å². The van der Waals surface area contributed by atoms with E-state index in [0.717, 1.165) is 20.3 Å². The fraction of sp³-hybridized carbons (Fsp3) is 0.500. The van der Waals surface area contributed by atoms with Gasteiger partial charge in [-0.25, -0.2) is 17.9 Å².